The third-order valence-corrected chi connectivity index (χ3v) is 3.37. The lowest BCUT2D eigenvalue weighted by molar-refractivity contribution is 0.119. The Kier molecular flexibility index (Phi) is 2.07. The maximum absolute atomic E-state index is 2.41. The van der Waals surface area contributed by atoms with E-state index in [2.05, 4.69) is 27.7 Å². The molecule has 0 aromatic rings. The summed E-state index contributed by atoms with van der Waals surface area (Å²) in [7, 11) is 0. The summed E-state index contributed by atoms with van der Waals surface area (Å²) in [5, 5.41) is 0. The minimum Gasteiger partial charge on any atom is -0.0625 e. The summed E-state index contributed by atoms with van der Waals surface area (Å²) in [5.41, 5.74) is 0.618. The molecular weight excluding hydrogens is 120 g/mol. The summed E-state index contributed by atoms with van der Waals surface area (Å²) in [4.78, 5) is 0. The van der Waals surface area contributed by atoms with Crippen LogP contribution in [0.5, 0.6) is 0 Å². The van der Waals surface area contributed by atoms with Crippen LogP contribution in [0.2, 0.25) is 0 Å². The minimum absolute atomic E-state index is 0.618. The van der Waals surface area contributed by atoms with Crippen LogP contribution in [-0.2, 0) is 0 Å². The van der Waals surface area contributed by atoms with Gasteiger partial charge in [0.2, 0.25) is 0 Å². The molecule has 0 heterocycles. The minimum atomic E-state index is 0.618. The Labute approximate surface area is 65.0 Å². The smallest absolute Gasteiger partial charge is 0.0328 e. The third kappa shape index (κ3) is 1.53. The van der Waals surface area contributed by atoms with Gasteiger partial charge in [-0.2, -0.15) is 0 Å². The normalized spacial score (nSPS) is 39.6. The van der Waals surface area contributed by atoms with Gasteiger partial charge >= 0.3 is 0 Å². The molecule has 1 unspecified atom stereocenters. The molecule has 0 amide bonds. The van der Waals surface area contributed by atoms with Crippen LogP contribution in [0, 0.1) is 17.3 Å². The Bertz CT molecular complexity index is 113. The van der Waals surface area contributed by atoms with Gasteiger partial charge in [0.25, 0.3) is 0 Å². The summed E-state index contributed by atoms with van der Waals surface area (Å²) in [6, 6.07) is 0. The van der Waals surface area contributed by atoms with Gasteiger partial charge in [-0.25, -0.2) is 0 Å². The molecule has 1 aliphatic carbocycles. The molecule has 1 saturated carbocycles. The van der Waals surface area contributed by atoms with E-state index in [1.165, 1.54) is 19.3 Å². The molecule has 10 heavy (non-hydrogen) atoms. The fourth-order valence-corrected chi connectivity index (χ4v) is 1.91. The predicted molar refractivity (Wildman–Crippen MR) is 46.0 cm³/mol. The summed E-state index contributed by atoms with van der Waals surface area (Å²) in [6.07, 6.45) is 4.31. The van der Waals surface area contributed by atoms with Gasteiger partial charge in [-0.15, -0.1) is 0 Å². The molecule has 0 spiro atoms. The first-order chi connectivity index (χ1) is 4.52. The van der Waals surface area contributed by atoms with Gasteiger partial charge in [-0.3, -0.25) is 0 Å². The molecule has 0 aromatic heterocycles. The monoisotopic (exact) mass is 140 g/mol. The zero-order chi connectivity index (χ0) is 7.78. The molecule has 2 atom stereocenters. The van der Waals surface area contributed by atoms with Crippen LogP contribution < -0.4 is 0 Å². The molecule has 0 bridgehead atoms. The predicted octanol–water partition coefficient (Wildman–Crippen LogP) is 3.47. The Balaban J connectivity index is 2.52. The Hall–Kier alpha value is 0. The maximum atomic E-state index is 2.41. The first-order valence-electron chi connectivity index (χ1n) is 4.52. The molecule has 0 radical (unpaired) electrons. The third-order valence-electron chi connectivity index (χ3n) is 3.37. The van der Waals surface area contributed by atoms with Crippen LogP contribution in [0.15, 0.2) is 0 Å². The zero-order valence-corrected chi connectivity index (χ0v) is 7.78. The fraction of sp³-hybridized carbons (Fsp3) is 1.00. The van der Waals surface area contributed by atoms with Crippen LogP contribution in [-0.4, -0.2) is 0 Å². The first-order valence-corrected chi connectivity index (χ1v) is 4.52. The van der Waals surface area contributed by atoms with E-state index in [0.717, 1.165) is 11.8 Å². The van der Waals surface area contributed by atoms with Crippen molar-refractivity contribution in [2.24, 2.45) is 17.3 Å². The fourth-order valence-electron chi connectivity index (χ4n) is 1.91. The Morgan fingerprint density at radius 1 is 1.20 bits per heavy atom. The van der Waals surface area contributed by atoms with Crippen molar-refractivity contribution in [2.75, 3.05) is 0 Å². The first kappa shape index (κ1) is 8.10. The molecule has 0 aliphatic heterocycles. The van der Waals surface area contributed by atoms with Crippen molar-refractivity contribution >= 4 is 0 Å². The topological polar surface area (TPSA) is 0 Å². The molecule has 0 saturated heterocycles. The van der Waals surface area contributed by atoms with E-state index in [1.807, 2.05) is 0 Å². The molecular formula is C10H20. The van der Waals surface area contributed by atoms with Gasteiger partial charge in [0.15, 0.2) is 0 Å². The lowest BCUT2D eigenvalue weighted by Crippen LogP contribution is -2.28. The highest BCUT2D eigenvalue weighted by atomic mass is 14.4. The number of hydrogen-bond donors (Lipinski definition) is 0. The SMILES string of the molecule is CC1C[C@H](C)CCC1(C)C. The van der Waals surface area contributed by atoms with E-state index in [4.69, 9.17) is 0 Å². The number of rotatable bonds is 0. The van der Waals surface area contributed by atoms with Crippen molar-refractivity contribution in [1.82, 2.24) is 0 Å². The zero-order valence-electron chi connectivity index (χ0n) is 7.78. The van der Waals surface area contributed by atoms with E-state index < -0.39 is 0 Å². The van der Waals surface area contributed by atoms with Gasteiger partial charge in [0, 0.05) is 0 Å². The lowest BCUT2D eigenvalue weighted by atomic mass is 9.67. The highest BCUT2D eigenvalue weighted by molar-refractivity contribution is 4.82. The average Bonchev–Trinajstić information content (AvgIpc) is 1.81. The highest BCUT2D eigenvalue weighted by Crippen LogP contribution is 2.42. The van der Waals surface area contributed by atoms with Gasteiger partial charge in [0.05, 0.1) is 0 Å². The Morgan fingerprint density at radius 2 is 1.80 bits per heavy atom. The number of hydrogen-bond acceptors (Lipinski definition) is 0. The quantitative estimate of drug-likeness (QED) is 0.483. The summed E-state index contributed by atoms with van der Waals surface area (Å²) >= 11 is 0. The molecule has 60 valence electrons. The van der Waals surface area contributed by atoms with Crippen LogP contribution in [0.4, 0.5) is 0 Å². The van der Waals surface area contributed by atoms with Crippen molar-refractivity contribution in [3.05, 3.63) is 0 Å². The van der Waals surface area contributed by atoms with E-state index in [9.17, 15) is 0 Å². The Morgan fingerprint density at radius 3 is 2.20 bits per heavy atom. The average molecular weight is 140 g/mol. The van der Waals surface area contributed by atoms with E-state index >= 15 is 0 Å². The van der Waals surface area contributed by atoms with Crippen molar-refractivity contribution in [3.8, 4) is 0 Å². The highest BCUT2D eigenvalue weighted by Gasteiger charge is 2.31. The molecule has 0 heteroatoms. The summed E-state index contributed by atoms with van der Waals surface area (Å²) in [6.45, 7) is 9.59. The molecule has 0 N–H and O–H groups in total. The van der Waals surface area contributed by atoms with Crippen LogP contribution in [0.1, 0.15) is 47.0 Å². The van der Waals surface area contributed by atoms with Crippen LogP contribution in [0.25, 0.3) is 0 Å². The van der Waals surface area contributed by atoms with Gasteiger partial charge in [0.1, 0.15) is 0 Å². The van der Waals surface area contributed by atoms with Gasteiger partial charge < -0.3 is 0 Å². The van der Waals surface area contributed by atoms with Crippen molar-refractivity contribution in [3.63, 3.8) is 0 Å². The van der Waals surface area contributed by atoms with Crippen molar-refractivity contribution < 1.29 is 0 Å². The maximum Gasteiger partial charge on any atom is -0.0328 e. The van der Waals surface area contributed by atoms with Crippen molar-refractivity contribution in [2.45, 2.75) is 47.0 Å². The molecule has 1 rings (SSSR count). The molecule has 1 fully saturated rings. The van der Waals surface area contributed by atoms with Crippen LogP contribution in [0.3, 0.4) is 0 Å². The van der Waals surface area contributed by atoms with Crippen LogP contribution >= 0.6 is 0 Å². The van der Waals surface area contributed by atoms with Crippen molar-refractivity contribution in [1.29, 1.82) is 0 Å². The van der Waals surface area contributed by atoms with E-state index in [0.29, 0.717) is 5.41 Å². The standard InChI is InChI=1S/C10H20/c1-8-5-6-10(3,4)9(2)7-8/h8-9H,5-7H2,1-4H3/t8-,9?/m1/s1. The van der Waals surface area contributed by atoms with E-state index in [1.54, 1.807) is 0 Å². The lowest BCUT2D eigenvalue weighted by Gasteiger charge is -2.39. The van der Waals surface area contributed by atoms with Gasteiger partial charge in [-0.05, 0) is 30.1 Å². The largest absolute Gasteiger partial charge is 0.0625 e. The molecule has 1 aliphatic rings. The van der Waals surface area contributed by atoms with E-state index in [-0.39, 0.29) is 0 Å². The molecule has 0 aromatic carbocycles. The second kappa shape index (κ2) is 2.56. The summed E-state index contributed by atoms with van der Waals surface area (Å²) < 4.78 is 0. The second-order valence-corrected chi connectivity index (χ2v) is 4.77. The summed E-state index contributed by atoms with van der Waals surface area (Å²) in [5.74, 6) is 1.90. The second-order valence-electron chi connectivity index (χ2n) is 4.77. The van der Waals surface area contributed by atoms with Gasteiger partial charge in [-0.1, -0.05) is 34.1 Å². The molecule has 0 nitrogen and oxygen atoms in total.